The summed E-state index contributed by atoms with van der Waals surface area (Å²) >= 11 is 0. The molecule has 0 saturated heterocycles. The van der Waals surface area contributed by atoms with E-state index in [-0.39, 0.29) is 0 Å². The standard InChI is InChI=1S/C14H34O4Si2/c1-7-19(15-3,16-4)13-11-9-10-12-14-20(8-2,17-5)18-6/h7-14H2,1-6H3. The van der Waals surface area contributed by atoms with Crippen LogP contribution in [0, 0.1) is 0 Å². The monoisotopic (exact) mass is 322 g/mol. The zero-order valence-corrected chi connectivity index (χ0v) is 16.3. The zero-order chi connectivity index (χ0) is 15.5. The van der Waals surface area contributed by atoms with Crippen LogP contribution < -0.4 is 0 Å². The summed E-state index contributed by atoms with van der Waals surface area (Å²) < 4.78 is 22.5. The number of hydrogen-bond acceptors (Lipinski definition) is 4. The predicted molar refractivity (Wildman–Crippen MR) is 88.6 cm³/mol. The largest absolute Gasteiger partial charge is 0.398 e. The number of hydrogen-bond donors (Lipinski definition) is 0. The molecule has 0 rings (SSSR count). The van der Waals surface area contributed by atoms with Crippen molar-refractivity contribution in [2.45, 2.75) is 63.7 Å². The van der Waals surface area contributed by atoms with E-state index in [1.54, 1.807) is 28.4 Å². The van der Waals surface area contributed by atoms with Crippen molar-refractivity contribution in [3.63, 3.8) is 0 Å². The Kier molecular flexibility index (Phi) is 11.1. The van der Waals surface area contributed by atoms with Crippen molar-refractivity contribution in [2.75, 3.05) is 28.4 Å². The lowest BCUT2D eigenvalue weighted by Gasteiger charge is -2.26. The fourth-order valence-electron chi connectivity index (χ4n) is 2.65. The second-order valence-corrected chi connectivity index (χ2v) is 12.9. The van der Waals surface area contributed by atoms with Crippen LogP contribution in [0.5, 0.6) is 0 Å². The average molecular weight is 323 g/mol. The van der Waals surface area contributed by atoms with Crippen LogP contribution >= 0.6 is 0 Å². The maximum absolute atomic E-state index is 5.63. The molecule has 0 aromatic heterocycles. The number of rotatable bonds is 13. The summed E-state index contributed by atoms with van der Waals surface area (Å²) in [5.41, 5.74) is 0. The third-order valence-corrected chi connectivity index (χ3v) is 11.8. The highest BCUT2D eigenvalue weighted by molar-refractivity contribution is 6.67. The van der Waals surface area contributed by atoms with Crippen LogP contribution in [-0.4, -0.2) is 45.6 Å². The molecule has 0 amide bonds. The topological polar surface area (TPSA) is 36.9 Å². The predicted octanol–water partition coefficient (Wildman–Crippen LogP) is 4.06. The molecular weight excluding hydrogens is 288 g/mol. The first kappa shape index (κ1) is 20.3. The second-order valence-electron chi connectivity index (χ2n) is 5.26. The van der Waals surface area contributed by atoms with E-state index < -0.39 is 17.1 Å². The highest BCUT2D eigenvalue weighted by atomic mass is 28.4. The Morgan fingerprint density at radius 3 is 1.05 bits per heavy atom. The molecule has 0 aliphatic carbocycles. The molecule has 20 heavy (non-hydrogen) atoms. The van der Waals surface area contributed by atoms with E-state index in [1.807, 2.05) is 0 Å². The molecule has 0 unspecified atom stereocenters. The third-order valence-electron chi connectivity index (χ3n) is 4.43. The Hall–Kier alpha value is 0.274. The summed E-state index contributed by atoms with van der Waals surface area (Å²) in [5.74, 6) is 0. The van der Waals surface area contributed by atoms with Crippen molar-refractivity contribution in [1.29, 1.82) is 0 Å². The van der Waals surface area contributed by atoms with E-state index in [1.165, 1.54) is 25.7 Å². The van der Waals surface area contributed by atoms with Gasteiger partial charge in [0.25, 0.3) is 0 Å². The van der Waals surface area contributed by atoms with Gasteiger partial charge in [0.05, 0.1) is 0 Å². The van der Waals surface area contributed by atoms with Crippen LogP contribution in [0.15, 0.2) is 0 Å². The Morgan fingerprint density at radius 2 is 0.850 bits per heavy atom. The van der Waals surface area contributed by atoms with Gasteiger partial charge in [0.15, 0.2) is 0 Å². The molecule has 4 nitrogen and oxygen atoms in total. The molecule has 0 aliphatic rings. The van der Waals surface area contributed by atoms with Gasteiger partial charge in [0.2, 0.25) is 0 Å². The van der Waals surface area contributed by atoms with Gasteiger partial charge in [-0.25, -0.2) is 0 Å². The molecule has 0 spiro atoms. The lowest BCUT2D eigenvalue weighted by molar-refractivity contribution is 0.239. The maximum atomic E-state index is 5.63. The van der Waals surface area contributed by atoms with Crippen molar-refractivity contribution in [2.24, 2.45) is 0 Å². The van der Waals surface area contributed by atoms with Gasteiger partial charge in [-0.15, -0.1) is 0 Å². The van der Waals surface area contributed by atoms with E-state index >= 15 is 0 Å². The van der Waals surface area contributed by atoms with Crippen LogP contribution in [0.1, 0.15) is 39.5 Å². The Bertz CT molecular complexity index is 191. The van der Waals surface area contributed by atoms with Crippen molar-refractivity contribution in [3.8, 4) is 0 Å². The lowest BCUT2D eigenvalue weighted by Crippen LogP contribution is -2.39. The normalized spacial score (nSPS) is 12.9. The van der Waals surface area contributed by atoms with Crippen LogP contribution in [0.4, 0.5) is 0 Å². The van der Waals surface area contributed by atoms with E-state index in [0.29, 0.717) is 0 Å². The minimum atomic E-state index is -1.88. The summed E-state index contributed by atoms with van der Waals surface area (Å²) in [4.78, 5) is 0. The van der Waals surface area contributed by atoms with E-state index in [4.69, 9.17) is 17.7 Å². The van der Waals surface area contributed by atoms with E-state index in [9.17, 15) is 0 Å². The Morgan fingerprint density at radius 1 is 0.550 bits per heavy atom. The van der Waals surface area contributed by atoms with Gasteiger partial charge in [0.1, 0.15) is 0 Å². The quantitative estimate of drug-likeness (QED) is 0.378. The Balaban J connectivity index is 3.87. The van der Waals surface area contributed by atoms with Crippen LogP contribution in [0.25, 0.3) is 0 Å². The molecule has 0 aromatic carbocycles. The zero-order valence-electron chi connectivity index (χ0n) is 14.3. The van der Waals surface area contributed by atoms with Gasteiger partial charge in [-0.2, -0.15) is 0 Å². The first-order chi connectivity index (χ1) is 9.57. The molecule has 0 aliphatic heterocycles. The minimum Gasteiger partial charge on any atom is -0.398 e. The van der Waals surface area contributed by atoms with Crippen LogP contribution in [0.3, 0.4) is 0 Å². The minimum absolute atomic E-state index is 1.03. The van der Waals surface area contributed by atoms with Crippen molar-refractivity contribution in [3.05, 3.63) is 0 Å². The second kappa shape index (κ2) is 10.9. The molecule has 6 heteroatoms. The van der Waals surface area contributed by atoms with Crippen LogP contribution in [0.2, 0.25) is 24.2 Å². The van der Waals surface area contributed by atoms with Gasteiger partial charge < -0.3 is 17.7 Å². The molecule has 122 valence electrons. The highest BCUT2D eigenvalue weighted by Crippen LogP contribution is 2.23. The van der Waals surface area contributed by atoms with Gasteiger partial charge in [-0.3, -0.25) is 0 Å². The summed E-state index contributed by atoms with van der Waals surface area (Å²) in [6, 6.07) is 4.25. The first-order valence-electron chi connectivity index (χ1n) is 7.78. The molecule has 0 saturated carbocycles. The molecule has 0 heterocycles. The smallest absolute Gasteiger partial charge is 0.337 e. The molecule has 0 aromatic rings. The molecular formula is C14H34O4Si2. The maximum Gasteiger partial charge on any atom is 0.337 e. The van der Waals surface area contributed by atoms with E-state index in [0.717, 1.165) is 24.2 Å². The molecule has 0 radical (unpaired) electrons. The molecule has 0 atom stereocenters. The van der Waals surface area contributed by atoms with Crippen LogP contribution in [-0.2, 0) is 17.7 Å². The summed E-state index contributed by atoms with van der Waals surface area (Å²) in [6.45, 7) is 4.33. The fourth-order valence-corrected chi connectivity index (χ4v) is 7.24. The van der Waals surface area contributed by atoms with Gasteiger partial charge in [-0.05, 0) is 24.2 Å². The first-order valence-corrected chi connectivity index (χ1v) is 12.2. The molecule has 0 N–H and O–H groups in total. The summed E-state index contributed by atoms with van der Waals surface area (Å²) in [5, 5.41) is 0. The van der Waals surface area contributed by atoms with Gasteiger partial charge in [-0.1, -0.05) is 39.5 Å². The molecule has 0 fully saturated rings. The summed E-state index contributed by atoms with van der Waals surface area (Å²) in [6.07, 6.45) is 4.87. The van der Waals surface area contributed by atoms with E-state index in [2.05, 4.69) is 13.8 Å². The van der Waals surface area contributed by atoms with Crippen molar-refractivity contribution >= 4 is 17.1 Å². The van der Waals surface area contributed by atoms with Crippen molar-refractivity contribution < 1.29 is 17.7 Å². The molecule has 0 bridgehead atoms. The van der Waals surface area contributed by atoms with Gasteiger partial charge >= 0.3 is 17.1 Å². The fraction of sp³-hybridized carbons (Fsp3) is 1.00. The van der Waals surface area contributed by atoms with Crippen molar-refractivity contribution in [1.82, 2.24) is 0 Å². The Labute approximate surface area is 127 Å². The SMILES string of the molecule is CC[Si](CCCCCC[Si](CC)(OC)OC)(OC)OC. The third kappa shape index (κ3) is 6.36. The average Bonchev–Trinajstić information content (AvgIpc) is 2.52. The summed E-state index contributed by atoms with van der Waals surface area (Å²) in [7, 11) is 3.41. The van der Waals surface area contributed by atoms with Gasteiger partial charge in [0, 0.05) is 28.4 Å². The lowest BCUT2D eigenvalue weighted by atomic mass is 10.2. The highest BCUT2D eigenvalue weighted by Gasteiger charge is 2.33. The number of unbranched alkanes of at least 4 members (excludes halogenated alkanes) is 3.